The van der Waals surface area contributed by atoms with Crippen molar-refractivity contribution in [2.24, 2.45) is 10.9 Å². The van der Waals surface area contributed by atoms with Gasteiger partial charge < -0.3 is 4.90 Å². The summed E-state index contributed by atoms with van der Waals surface area (Å²) in [5, 5.41) is 2.09. The number of thiophene rings is 1. The highest BCUT2D eigenvalue weighted by Crippen LogP contribution is 2.47. The Labute approximate surface area is 131 Å². The van der Waals surface area contributed by atoms with Crippen LogP contribution in [0.2, 0.25) is 0 Å². The number of hydrogen-bond acceptors (Lipinski definition) is 4. The van der Waals surface area contributed by atoms with Crippen molar-refractivity contribution in [2.45, 2.75) is 13.8 Å². The molecule has 5 heteroatoms. The summed E-state index contributed by atoms with van der Waals surface area (Å²) in [5.74, 6) is 0.324. The van der Waals surface area contributed by atoms with Crippen molar-refractivity contribution in [2.75, 3.05) is 13.1 Å². The van der Waals surface area contributed by atoms with E-state index in [1.807, 2.05) is 6.07 Å². The van der Waals surface area contributed by atoms with Crippen molar-refractivity contribution in [1.29, 1.82) is 0 Å². The molecule has 0 saturated carbocycles. The molecule has 0 aliphatic carbocycles. The topological polar surface area (TPSA) is 15.6 Å². The molecule has 0 bridgehead atoms. The number of amidine groups is 1. The van der Waals surface area contributed by atoms with Gasteiger partial charge in [0.2, 0.25) is 0 Å². The van der Waals surface area contributed by atoms with Gasteiger partial charge >= 0.3 is 0 Å². The van der Waals surface area contributed by atoms with Crippen LogP contribution in [-0.4, -0.2) is 23.2 Å². The van der Waals surface area contributed by atoms with Crippen LogP contribution in [-0.2, 0) is 0 Å². The zero-order valence-corrected chi connectivity index (χ0v) is 13.5. The molecular weight excluding hydrogens is 303 g/mol. The van der Waals surface area contributed by atoms with Crippen LogP contribution >= 0.6 is 23.1 Å². The van der Waals surface area contributed by atoms with E-state index in [2.05, 4.69) is 29.8 Å². The molecule has 108 valence electrons. The van der Waals surface area contributed by atoms with Crippen molar-refractivity contribution in [3.8, 4) is 0 Å². The molecule has 2 aliphatic heterocycles. The molecule has 0 atom stereocenters. The minimum atomic E-state index is -0.128. The van der Waals surface area contributed by atoms with Crippen molar-refractivity contribution < 1.29 is 4.39 Å². The minimum absolute atomic E-state index is 0.128. The van der Waals surface area contributed by atoms with Crippen molar-refractivity contribution in [3.63, 3.8) is 0 Å². The average molecular weight is 318 g/mol. The van der Waals surface area contributed by atoms with Gasteiger partial charge in [0.15, 0.2) is 5.17 Å². The lowest BCUT2D eigenvalue weighted by atomic mass is 10.1. The normalized spacial score (nSPS) is 18.1. The molecule has 0 amide bonds. The molecule has 0 saturated heterocycles. The summed E-state index contributed by atoms with van der Waals surface area (Å²) in [6.07, 6.45) is 0. The summed E-state index contributed by atoms with van der Waals surface area (Å²) in [4.78, 5) is 9.37. The van der Waals surface area contributed by atoms with E-state index in [-0.39, 0.29) is 5.82 Å². The van der Waals surface area contributed by atoms with Crippen LogP contribution in [0.1, 0.15) is 18.7 Å². The Morgan fingerprint density at radius 1 is 1.33 bits per heavy atom. The molecule has 0 radical (unpaired) electrons. The second-order valence-corrected chi connectivity index (χ2v) is 7.62. The Bertz CT molecular complexity index is 789. The van der Waals surface area contributed by atoms with E-state index < -0.39 is 0 Å². The van der Waals surface area contributed by atoms with E-state index in [9.17, 15) is 4.39 Å². The number of aliphatic imine (C=N–C) groups is 1. The van der Waals surface area contributed by atoms with Crippen molar-refractivity contribution in [3.05, 3.63) is 39.9 Å². The Morgan fingerprint density at radius 3 is 2.95 bits per heavy atom. The van der Waals surface area contributed by atoms with Gasteiger partial charge in [-0.05, 0) is 23.4 Å². The predicted octanol–water partition coefficient (Wildman–Crippen LogP) is 4.78. The number of nitrogens with zero attached hydrogens (tertiary/aromatic N) is 2. The summed E-state index contributed by atoms with van der Waals surface area (Å²) in [6.45, 7) is 6.21. The largest absolute Gasteiger partial charge is 0.317 e. The van der Waals surface area contributed by atoms with E-state index in [1.165, 1.54) is 16.7 Å². The van der Waals surface area contributed by atoms with Gasteiger partial charge in [0.05, 0.1) is 21.8 Å². The lowest BCUT2D eigenvalue weighted by Crippen LogP contribution is -2.19. The number of thioether (sulfide) groups is 1. The van der Waals surface area contributed by atoms with Crippen LogP contribution in [0.5, 0.6) is 0 Å². The van der Waals surface area contributed by atoms with Crippen LogP contribution in [0.25, 0.3) is 15.8 Å². The van der Waals surface area contributed by atoms with E-state index >= 15 is 0 Å². The molecular formula is C16H15FN2S2. The molecule has 2 aliphatic rings. The van der Waals surface area contributed by atoms with Gasteiger partial charge in [0.25, 0.3) is 0 Å². The maximum atomic E-state index is 14.0. The number of fused-ring (bicyclic) bond motifs is 2. The monoisotopic (exact) mass is 318 g/mol. The zero-order valence-electron chi connectivity index (χ0n) is 11.9. The molecule has 2 nitrogen and oxygen atoms in total. The van der Waals surface area contributed by atoms with E-state index in [0.717, 1.165) is 33.2 Å². The zero-order chi connectivity index (χ0) is 14.6. The van der Waals surface area contributed by atoms with E-state index in [0.29, 0.717) is 5.92 Å². The molecule has 1 aromatic carbocycles. The first-order valence-corrected chi connectivity index (χ1v) is 8.71. The van der Waals surface area contributed by atoms with E-state index in [1.54, 1.807) is 29.2 Å². The third kappa shape index (κ3) is 2.02. The number of rotatable bonds is 2. The minimum Gasteiger partial charge on any atom is -0.317 e. The smallest absolute Gasteiger partial charge is 0.168 e. The maximum absolute atomic E-state index is 14.0. The molecule has 0 fully saturated rings. The Hall–Kier alpha value is -1.33. The highest BCUT2D eigenvalue weighted by Gasteiger charge is 2.34. The molecule has 4 rings (SSSR count). The second-order valence-electron chi connectivity index (χ2n) is 5.55. The Morgan fingerprint density at radius 2 is 2.19 bits per heavy atom. The van der Waals surface area contributed by atoms with Crippen LogP contribution < -0.4 is 0 Å². The molecule has 3 heterocycles. The molecule has 2 aromatic rings. The average Bonchev–Trinajstić information content (AvgIpc) is 3.10. The maximum Gasteiger partial charge on any atom is 0.168 e. The summed E-state index contributed by atoms with van der Waals surface area (Å²) in [5.41, 5.74) is 1.24. The van der Waals surface area contributed by atoms with Gasteiger partial charge in [0.1, 0.15) is 5.82 Å². The highest BCUT2D eigenvalue weighted by atomic mass is 32.2. The summed E-state index contributed by atoms with van der Waals surface area (Å²) in [6, 6.07) is 7.41. The van der Waals surface area contributed by atoms with E-state index in [4.69, 9.17) is 0 Å². The molecule has 0 N–H and O–H groups in total. The van der Waals surface area contributed by atoms with Gasteiger partial charge in [-0.3, -0.25) is 4.99 Å². The Kier molecular flexibility index (Phi) is 3.08. The van der Waals surface area contributed by atoms with Gasteiger partial charge in [-0.2, -0.15) is 0 Å². The molecule has 0 unspecified atom stereocenters. The fourth-order valence-electron chi connectivity index (χ4n) is 2.79. The lowest BCUT2D eigenvalue weighted by Gasteiger charge is -2.16. The number of hydrogen-bond donors (Lipinski definition) is 0. The SMILES string of the molecule is CC(C)C1=C(c2cc3cccc(F)c3s2)N2CCN=C2S1. The van der Waals surface area contributed by atoms with Crippen LogP contribution in [0.15, 0.2) is 34.2 Å². The van der Waals surface area contributed by atoms with Gasteiger partial charge in [0, 0.05) is 11.4 Å². The highest BCUT2D eigenvalue weighted by molar-refractivity contribution is 8.17. The summed E-state index contributed by atoms with van der Waals surface area (Å²) >= 11 is 3.32. The second kappa shape index (κ2) is 4.85. The fraction of sp³-hybridized carbons (Fsp3) is 0.312. The van der Waals surface area contributed by atoms with Gasteiger partial charge in [-0.15, -0.1) is 11.3 Å². The molecule has 0 spiro atoms. The third-order valence-electron chi connectivity index (χ3n) is 3.76. The van der Waals surface area contributed by atoms with Crippen molar-refractivity contribution >= 4 is 44.0 Å². The lowest BCUT2D eigenvalue weighted by molar-refractivity contribution is 0.641. The standard InChI is InChI=1S/C16H15FN2S2/c1-9(2)14-13(19-7-6-18-16(19)21-14)12-8-10-4-3-5-11(17)15(10)20-12/h3-5,8-9H,6-7H2,1-2H3. The van der Waals surface area contributed by atoms with Gasteiger partial charge in [-0.25, -0.2) is 4.39 Å². The first-order valence-electron chi connectivity index (χ1n) is 7.07. The number of allylic oxidation sites excluding steroid dienone is 1. The van der Waals surface area contributed by atoms with Crippen LogP contribution in [0.4, 0.5) is 4.39 Å². The van der Waals surface area contributed by atoms with Crippen LogP contribution in [0, 0.1) is 11.7 Å². The fourth-order valence-corrected chi connectivity index (χ4v) is 5.19. The van der Waals surface area contributed by atoms with Gasteiger partial charge in [-0.1, -0.05) is 37.7 Å². The third-order valence-corrected chi connectivity index (χ3v) is 6.34. The van der Waals surface area contributed by atoms with Crippen LogP contribution in [0.3, 0.4) is 0 Å². The molecule has 1 aromatic heterocycles. The number of benzene rings is 1. The first kappa shape index (κ1) is 13.3. The predicted molar refractivity (Wildman–Crippen MR) is 90.1 cm³/mol. The summed E-state index contributed by atoms with van der Waals surface area (Å²) in [7, 11) is 0. The quantitative estimate of drug-likeness (QED) is 0.791. The summed E-state index contributed by atoms with van der Waals surface area (Å²) < 4.78 is 14.7. The number of halogens is 1. The first-order chi connectivity index (χ1) is 10.1. The van der Waals surface area contributed by atoms with Crippen molar-refractivity contribution in [1.82, 2.24) is 4.90 Å². The Balaban J connectivity index is 1.90. The molecule has 21 heavy (non-hydrogen) atoms.